The minimum Gasteiger partial charge on any atom is -0.297 e. The number of pyridine rings is 1. The van der Waals surface area contributed by atoms with Crippen LogP contribution in [0.2, 0.25) is 0 Å². The van der Waals surface area contributed by atoms with Gasteiger partial charge in [0.25, 0.3) is 0 Å². The summed E-state index contributed by atoms with van der Waals surface area (Å²) >= 11 is 3.26. The second-order valence-corrected chi connectivity index (χ2v) is 9.04. The first-order valence-electron chi connectivity index (χ1n) is 9.59. The quantitative estimate of drug-likeness (QED) is 0.271. The highest BCUT2D eigenvalue weighted by Crippen LogP contribution is 2.39. The van der Waals surface area contributed by atoms with Crippen LogP contribution in [0.4, 0.5) is 0 Å². The number of thiophene rings is 2. The molecule has 0 aliphatic heterocycles. The summed E-state index contributed by atoms with van der Waals surface area (Å²) in [6.07, 6.45) is 0.907. The van der Waals surface area contributed by atoms with Crippen LogP contribution in [0, 0.1) is 0 Å². The van der Waals surface area contributed by atoms with Gasteiger partial charge in [-0.3, -0.25) is 4.79 Å². The Morgan fingerprint density at radius 1 is 0.567 bits per heavy atom. The molecule has 0 unspecified atom stereocenters. The fraction of sp³-hybridized carbons (Fsp3) is 0. The van der Waals surface area contributed by atoms with Crippen LogP contribution < -0.4 is 0 Å². The number of carbonyl (C=O) groups excluding carboxylic acids is 1. The van der Waals surface area contributed by atoms with Crippen molar-refractivity contribution in [3.05, 3.63) is 102 Å². The van der Waals surface area contributed by atoms with Gasteiger partial charge in [-0.15, -0.1) is 22.7 Å². The summed E-state index contributed by atoms with van der Waals surface area (Å²) in [6.45, 7) is 0. The lowest BCUT2D eigenvalue weighted by Crippen LogP contribution is -1.90. The summed E-state index contributed by atoms with van der Waals surface area (Å²) in [5.74, 6) is 0. The van der Waals surface area contributed by atoms with Gasteiger partial charge in [0.1, 0.15) is 0 Å². The van der Waals surface area contributed by atoms with Gasteiger partial charge < -0.3 is 0 Å². The first-order chi connectivity index (χ1) is 14.8. The monoisotopic (exact) mass is 423 g/mol. The van der Waals surface area contributed by atoms with Gasteiger partial charge in [0.05, 0.1) is 16.3 Å². The van der Waals surface area contributed by atoms with Crippen molar-refractivity contribution < 1.29 is 4.79 Å². The standard InChI is InChI=1S/C26H17NOS2/c28-17-21-11-12-25(29-21)26-14-13-24(30-26)20-15-22(18-7-3-1-4-8-18)27-23(16-20)19-9-5-2-6-10-19/h1-17H. The third-order valence-electron chi connectivity index (χ3n) is 4.84. The van der Waals surface area contributed by atoms with E-state index in [0.717, 1.165) is 44.1 Å². The van der Waals surface area contributed by atoms with Gasteiger partial charge in [0.2, 0.25) is 0 Å². The topological polar surface area (TPSA) is 30.0 Å². The lowest BCUT2D eigenvalue weighted by molar-refractivity contribution is 0.112. The number of aromatic nitrogens is 1. The first kappa shape index (κ1) is 18.7. The molecule has 0 fully saturated rings. The third kappa shape index (κ3) is 3.75. The number of benzene rings is 2. The van der Waals surface area contributed by atoms with Crippen molar-refractivity contribution >= 4 is 29.0 Å². The second kappa shape index (κ2) is 8.19. The van der Waals surface area contributed by atoms with Gasteiger partial charge in [-0.05, 0) is 42.0 Å². The van der Waals surface area contributed by atoms with Crippen LogP contribution in [0.15, 0.2) is 97.1 Å². The summed E-state index contributed by atoms with van der Waals surface area (Å²) in [5, 5.41) is 0. The normalized spacial score (nSPS) is 10.8. The maximum absolute atomic E-state index is 11.0. The highest BCUT2D eigenvalue weighted by atomic mass is 32.1. The highest BCUT2D eigenvalue weighted by molar-refractivity contribution is 7.24. The number of hydrogen-bond donors (Lipinski definition) is 0. The van der Waals surface area contributed by atoms with Gasteiger partial charge in [-0.2, -0.15) is 0 Å². The van der Waals surface area contributed by atoms with Crippen LogP contribution in [0.5, 0.6) is 0 Å². The number of aldehydes is 1. The fourth-order valence-electron chi connectivity index (χ4n) is 3.36. The molecule has 2 nitrogen and oxygen atoms in total. The SMILES string of the molecule is O=Cc1ccc(-c2ccc(-c3cc(-c4ccccc4)nc(-c4ccccc4)c3)s2)s1. The summed E-state index contributed by atoms with van der Waals surface area (Å²) in [5.41, 5.74) is 5.26. The molecule has 0 N–H and O–H groups in total. The molecule has 0 atom stereocenters. The molecule has 2 aromatic carbocycles. The Hall–Kier alpha value is -3.34. The Morgan fingerprint density at radius 2 is 1.10 bits per heavy atom. The largest absolute Gasteiger partial charge is 0.297 e. The van der Waals surface area contributed by atoms with Crippen molar-refractivity contribution in [1.82, 2.24) is 4.98 Å². The van der Waals surface area contributed by atoms with Crippen LogP contribution >= 0.6 is 22.7 Å². The molecule has 0 aliphatic rings. The van der Waals surface area contributed by atoms with E-state index >= 15 is 0 Å². The van der Waals surface area contributed by atoms with Crippen molar-refractivity contribution in [2.45, 2.75) is 0 Å². The fourth-order valence-corrected chi connectivity index (χ4v) is 5.27. The van der Waals surface area contributed by atoms with E-state index in [-0.39, 0.29) is 0 Å². The highest BCUT2D eigenvalue weighted by Gasteiger charge is 2.12. The molecule has 0 saturated carbocycles. The molecule has 30 heavy (non-hydrogen) atoms. The summed E-state index contributed by atoms with van der Waals surface area (Å²) in [7, 11) is 0. The van der Waals surface area contributed by atoms with E-state index in [0.29, 0.717) is 0 Å². The number of hydrogen-bond acceptors (Lipinski definition) is 4. The zero-order valence-corrected chi connectivity index (χ0v) is 17.6. The average Bonchev–Trinajstić information content (AvgIpc) is 3.50. The van der Waals surface area contributed by atoms with Gasteiger partial charge in [0, 0.05) is 25.8 Å². The molecule has 5 rings (SSSR count). The Morgan fingerprint density at radius 3 is 1.67 bits per heavy atom. The van der Waals surface area contributed by atoms with E-state index in [2.05, 4.69) is 48.5 Å². The predicted octanol–water partition coefficient (Wildman–Crippen LogP) is 7.69. The van der Waals surface area contributed by atoms with Gasteiger partial charge in [-0.25, -0.2) is 4.98 Å². The van der Waals surface area contributed by atoms with Crippen LogP contribution in [0.3, 0.4) is 0 Å². The minimum atomic E-state index is 0.751. The Bertz CT molecular complexity index is 1250. The zero-order valence-electron chi connectivity index (χ0n) is 16.0. The van der Waals surface area contributed by atoms with Crippen LogP contribution in [0.25, 0.3) is 42.7 Å². The molecule has 0 saturated heterocycles. The van der Waals surface area contributed by atoms with Gasteiger partial charge in [0.15, 0.2) is 6.29 Å². The average molecular weight is 424 g/mol. The lowest BCUT2D eigenvalue weighted by Gasteiger charge is -2.09. The molecule has 0 bridgehead atoms. The molecule has 0 spiro atoms. The van der Waals surface area contributed by atoms with Gasteiger partial charge >= 0.3 is 0 Å². The van der Waals surface area contributed by atoms with Crippen molar-refractivity contribution in [3.63, 3.8) is 0 Å². The van der Waals surface area contributed by atoms with Crippen LogP contribution in [-0.4, -0.2) is 11.3 Å². The molecule has 0 radical (unpaired) electrons. The minimum absolute atomic E-state index is 0.751. The number of carbonyl (C=O) groups is 1. The summed E-state index contributed by atoms with van der Waals surface area (Å²) < 4.78 is 0. The maximum Gasteiger partial charge on any atom is 0.160 e. The zero-order chi connectivity index (χ0) is 20.3. The maximum atomic E-state index is 11.0. The van der Waals surface area contributed by atoms with Crippen LogP contribution in [-0.2, 0) is 0 Å². The molecular weight excluding hydrogens is 406 g/mol. The van der Waals surface area contributed by atoms with E-state index in [1.165, 1.54) is 21.1 Å². The summed E-state index contributed by atoms with van der Waals surface area (Å²) in [6, 6.07) is 33.0. The second-order valence-electron chi connectivity index (χ2n) is 6.84. The molecule has 4 heteroatoms. The Labute approximate surface area is 183 Å². The van der Waals surface area contributed by atoms with E-state index in [1.54, 1.807) is 11.3 Å². The van der Waals surface area contributed by atoms with Crippen molar-refractivity contribution in [1.29, 1.82) is 0 Å². The van der Waals surface area contributed by atoms with E-state index in [1.807, 2.05) is 48.5 Å². The van der Waals surface area contributed by atoms with Crippen LogP contribution in [0.1, 0.15) is 9.67 Å². The first-order valence-corrected chi connectivity index (χ1v) is 11.2. The molecule has 0 aliphatic carbocycles. The van der Waals surface area contributed by atoms with Crippen molar-refractivity contribution in [2.75, 3.05) is 0 Å². The lowest BCUT2D eigenvalue weighted by atomic mass is 10.0. The molecular formula is C26H17NOS2. The summed E-state index contributed by atoms with van der Waals surface area (Å²) in [4.78, 5) is 20.2. The van der Waals surface area contributed by atoms with E-state index in [4.69, 9.17) is 4.98 Å². The van der Waals surface area contributed by atoms with Gasteiger partial charge in [-0.1, -0.05) is 60.7 Å². The molecule has 3 heterocycles. The van der Waals surface area contributed by atoms with Crippen molar-refractivity contribution in [3.8, 4) is 42.7 Å². The number of rotatable bonds is 5. The third-order valence-corrected chi connectivity index (χ3v) is 7.18. The Balaban J connectivity index is 1.62. The Kier molecular flexibility index (Phi) is 5.10. The molecule has 144 valence electrons. The number of nitrogens with zero attached hydrogens (tertiary/aromatic N) is 1. The molecule has 5 aromatic rings. The van der Waals surface area contributed by atoms with Crippen molar-refractivity contribution in [2.24, 2.45) is 0 Å². The predicted molar refractivity (Wildman–Crippen MR) is 127 cm³/mol. The molecule has 3 aromatic heterocycles. The van der Waals surface area contributed by atoms with E-state index in [9.17, 15) is 4.79 Å². The van der Waals surface area contributed by atoms with E-state index < -0.39 is 0 Å². The smallest absolute Gasteiger partial charge is 0.160 e. The molecule has 0 amide bonds.